The number of rotatable bonds is 9. The average molecular weight is 308 g/mol. The molecule has 0 aliphatic carbocycles. The lowest BCUT2D eigenvalue weighted by Gasteiger charge is -2.12. The SMILES string of the molecule is CCCCCC(=O)NNC(=O)COc1ccccc1OCC. The summed E-state index contributed by atoms with van der Waals surface area (Å²) in [6.07, 6.45) is 3.27. The monoisotopic (exact) mass is 308 g/mol. The van der Waals surface area contributed by atoms with Gasteiger partial charge in [-0.05, 0) is 25.5 Å². The molecule has 2 N–H and O–H groups in total. The largest absolute Gasteiger partial charge is 0.490 e. The second-order valence-electron chi connectivity index (χ2n) is 4.72. The van der Waals surface area contributed by atoms with Gasteiger partial charge in [0.15, 0.2) is 18.1 Å². The average Bonchev–Trinajstić information content (AvgIpc) is 2.52. The molecule has 122 valence electrons. The first-order chi connectivity index (χ1) is 10.7. The van der Waals surface area contributed by atoms with E-state index in [-0.39, 0.29) is 12.5 Å². The number of unbranched alkanes of at least 4 members (excludes halogenated alkanes) is 2. The standard InChI is InChI=1S/C16H24N2O4/c1-3-5-6-11-15(19)17-18-16(20)12-22-14-10-8-7-9-13(14)21-4-2/h7-10H,3-6,11-12H2,1-2H3,(H,17,19)(H,18,20). The van der Waals surface area contributed by atoms with E-state index < -0.39 is 5.91 Å². The molecule has 22 heavy (non-hydrogen) atoms. The van der Waals surface area contributed by atoms with Crippen LogP contribution in [0, 0.1) is 0 Å². The first-order valence-electron chi connectivity index (χ1n) is 7.59. The topological polar surface area (TPSA) is 76.7 Å². The number of amides is 2. The summed E-state index contributed by atoms with van der Waals surface area (Å²) in [5, 5.41) is 0. The summed E-state index contributed by atoms with van der Waals surface area (Å²) >= 11 is 0. The van der Waals surface area contributed by atoms with Crippen LogP contribution in [0.5, 0.6) is 11.5 Å². The van der Waals surface area contributed by atoms with Crippen molar-refractivity contribution in [3.63, 3.8) is 0 Å². The number of carbonyl (C=O) groups is 2. The van der Waals surface area contributed by atoms with Crippen molar-refractivity contribution in [1.82, 2.24) is 10.9 Å². The summed E-state index contributed by atoms with van der Waals surface area (Å²) in [5.41, 5.74) is 4.69. The first-order valence-corrected chi connectivity index (χ1v) is 7.59. The third-order valence-electron chi connectivity index (χ3n) is 2.86. The number of benzene rings is 1. The van der Waals surface area contributed by atoms with Crippen molar-refractivity contribution in [3.05, 3.63) is 24.3 Å². The lowest BCUT2D eigenvalue weighted by Crippen LogP contribution is -2.43. The van der Waals surface area contributed by atoms with Crippen LogP contribution in [0.15, 0.2) is 24.3 Å². The van der Waals surface area contributed by atoms with E-state index in [9.17, 15) is 9.59 Å². The maximum Gasteiger partial charge on any atom is 0.276 e. The van der Waals surface area contributed by atoms with Gasteiger partial charge in [-0.15, -0.1) is 0 Å². The van der Waals surface area contributed by atoms with E-state index >= 15 is 0 Å². The van der Waals surface area contributed by atoms with Gasteiger partial charge in [0.1, 0.15) is 0 Å². The van der Waals surface area contributed by atoms with Gasteiger partial charge in [-0.3, -0.25) is 20.4 Å². The summed E-state index contributed by atoms with van der Waals surface area (Å²) in [6, 6.07) is 7.12. The van der Waals surface area contributed by atoms with Gasteiger partial charge in [0.25, 0.3) is 5.91 Å². The predicted molar refractivity (Wildman–Crippen MR) is 83.5 cm³/mol. The summed E-state index contributed by atoms with van der Waals surface area (Å²) in [6.45, 7) is 4.26. The van der Waals surface area contributed by atoms with Crippen molar-refractivity contribution < 1.29 is 19.1 Å². The van der Waals surface area contributed by atoms with Crippen molar-refractivity contribution >= 4 is 11.8 Å². The summed E-state index contributed by atoms with van der Waals surface area (Å²) in [4.78, 5) is 23.1. The molecule has 0 fully saturated rings. The lowest BCUT2D eigenvalue weighted by molar-refractivity contribution is -0.130. The summed E-state index contributed by atoms with van der Waals surface area (Å²) in [7, 11) is 0. The van der Waals surface area contributed by atoms with Gasteiger partial charge < -0.3 is 9.47 Å². The first kappa shape index (κ1) is 17.8. The maximum absolute atomic E-state index is 11.6. The Kier molecular flexibility index (Phi) is 8.49. The Hall–Kier alpha value is -2.24. The molecular formula is C16H24N2O4. The van der Waals surface area contributed by atoms with Crippen LogP contribution >= 0.6 is 0 Å². The fraction of sp³-hybridized carbons (Fsp3) is 0.500. The number of hydrogen-bond donors (Lipinski definition) is 2. The van der Waals surface area contributed by atoms with Crippen LogP contribution < -0.4 is 20.3 Å². The molecule has 2 amide bonds. The van der Waals surface area contributed by atoms with Crippen LogP contribution in [0.2, 0.25) is 0 Å². The molecule has 1 rings (SSSR count). The molecule has 0 saturated heterocycles. The summed E-state index contributed by atoms with van der Waals surface area (Å²) in [5.74, 6) is 0.460. The van der Waals surface area contributed by atoms with E-state index in [4.69, 9.17) is 9.47 Å². The van der Waals surface area contributed by atoms with Crippen molar-refractivity contribution in [1.29, 1.82) is 0 Å². The Bertz CT molecular complexity index is 477. The molecule has 0 saturated carbocycles. The van der Waals surface area contributed by atoms with Gasteiger partial charge in [0.05, 0.1) is 6.61 Å². The highest BCUT2D eigenvalue weighted by atomic mass is 16.5. The van der Waals surface area contributed by atoms with Crippen molar-refractivity contribution in [2.75, 3.05) is 13.2 Å². The van der Waals surface area contributed by atoms with Crippen LogP contribution in [0.4, 0.5) is 0 Å². The van der Waals surface area contributed by atoms with E-state index in [0.717, 1.165) is 19.3 Å². The highest BCUT2D eigenvalue weighted by molar-refractivity contribution is 5.82. The maximum atomic E-state index is 11.6. The van der Waals surface area contributed by atoms with Gasteiger partial charge in [-0.2, -0.15) is 0 Å². The zero-order chi connectivity index (χ0) is 16.2. The molecule has 0 aromatic heterocycles. The molecule has 0 radical (unpaired) electrons. The van der Waals surface area contributed by atoms with Crippen LogP contribution in [-0.4, -0.2) is 25.0 Å². The zero-order valence-electron chi connectivity index (χ0n) is 13.2. The second-order valence-corrected chi connectivity index (χ2v) is 4.72. The van der Waals surface area contributed by atoms with Gasteiger partial charge in [-0.25, -0.2) is 0 Å². The minimum atomic E-state index is -0.421. The van der Waals surface area contributed by atoms with Crippen molar-refractivity contribution in [2.45, 2.75) is 39.5 Å². The molecule has 0 aliphatic heterocycles. The van der Waals surface area contributed by atoms with Crippen LogP contribution in [0.25, 0.3) is 0 Å². The minimum Gasteiger partial charge on any atom is -0.490 e. The summed E-state index contributed by atoms with van der Waals surface area (Å²) < 4.78 is 10.8. The smallest absolute Gasteiger partial charge is 0.276 e. The molecule has 0 atom stereocenters. The van der Waals surface area contributed by atoms with E-state index in [1.54, 1.807) is 18.2 Å². The molecule has 6 heteroatoms. The fourth-order valence-corrected chi connectivity index (χ4v) is 1.76. The molecule has 0 heterocycles. The fourth-order valence-electron chi connectivity index (χ4n) is 1.76. The third kappa shape index (κ3) is 6.97. The number of ether oxygens (including phenoxy) is 2. The molecular weight excluding hydrogens is 284 g/mol. The Labute approximate surface area is 131 Å². The van der Waals surface area contributed by atoms with Crippen LogP contribution in [-0.2, 0) is 9.59 Å². The second kappa shape index (κ2) is 10.5. The molecule has 0 unspecified atom stereocenters. The number of nitrogens with one attached hydrogen (secondary N) is 2. The lowest BCUT2D eigenvalue weighted by atomic mass is 10.2. The third-order valence-corrected chi connectivity index (χ3v) is 2.86. The molecule has 6 nitrogen and oxygen atoms in total. The van der Waals surface area contributed by atoms with Gasteiger partial charge in [0.2, 0.25) is 5.91 Å². The Morgan fingerprint density at radius 2 is 1.59 bits per heavy atom. The number of hydrogen-bond acceptors (Lipinski definition) is 4. The van der Waals surface area contributed by atoms with E-state index in [1.165, 1.54) is 0 Å². The van der Waals surface area contributed by atoms with Crippen LogP contribution in [0.3, 0.4) is 0 Å². The number of carbonyl (C=O) groups excluding carboxylic acids is 2. The Morgan fingerprint density at radius 3 is 2.23 bits per heavy atom. The van der Waals surface area contributed by atoms with E-state index in [1.807, 2.05) is 13.0 Å². The minimum absolute atomic E-state index is 0.195. The van der Waals surface area contributed by atoms with E-state index in [0.29, 0.717) is 24.5 Å². The van der Waals surface area contributed by atoms with E-state index in [2.05, 4.69) is 17.8 Å². The van der Waals surface area contributed by atoms with Gasteiger partial charge >= 0.3 is 0 Å². The molecule has 0 bridgehead atoms. The molecule has 1 aromatic rings. The normalized spacial score (nSPS) is 9.91. The quantitative estimate of drug-likeness (QED) is 0.541. The van der Waals surface area contributed by atoms with Gasteiger partial charge in [0, 0.05) is 6.42 Å². The zero-order valence-corrected chi connectivity index (χ0v) is 13.2. The molecule has 0 aliphatic rings. The van der Waals surface area contributed by atoms with Gasteiger partial charge in [-0.1, -0.05) is 31.9 Å². The Balaban J connectivity index is 2.30. The van der Waals surface area contributed by atoms with Crippen molar-refractivity contribution in [2.24, 2.45) is 0 Å². The predicted octanol–water partition coefficient (Wildman–Crippen LogP) is 2.19. The van der Waals surface area contributed by atoms with Crippen LogP contribution in [0.1, 0.15) is 39.5 Å². The number of hydrazine groups is 1. The molecule has 0 spiro atoms. The highest BCUT2D eigenvalue weighted by Crippen LogP contribution is 2.26. The highest BCUT2D eigenvalue weighted by Gasteiger charge is 2.08. The Morgan fingerprint density at radius 1 is 0.955 bits per heavy atom. The number of para-hydroxylation sites is 2. The van der Waals surface area contributed by atoms with Crippen molar-refractivity contribution in [3.8, 4) is 11.5 Å². The molecule has 1 aromatic carbocycles.